The van der Waals surface area contributed by atoms with E-state index in [9.17, 15) is 0 Å². The average molecular weight is 224 g/mol. The van der Waals surface area contributed by atoms with E-state index in [2.05, 4.69) is 6.92 Å². The van der Waals surface area contributed by atoms with E-state index in [0.717, 1.165) is 12.8 Å². The molecule has 0 amide bonds. The van der Waals surface area contributed by atoms with Gasteiger partial charge in [0.15, 0.2) is 0 Å². The van der Waals surface area contributed by atoms with E-state index in [-0.39, 0.29) is 0 Å². The minimum Gasteiger partial charge on any atom is -0.396 e. The van der Waals surface area contributed by atoms with Crippen molar-refractivity contribution in [2.45, 2.75) is 26.3 Å². The summed E-state index contributed by atoms with van der Waals surface area (Å²) in [5.41, 5.74) is 0. The molecule has 0 atom stereocenters. The Kier molecular flexibility index (Phi) is 11.1. The van der Waals surface area contributed by atoms with Gasteiger partial charge in [0.2, 0.25) is 0 Å². The van der Waals surface area contributed by atoms with Gasteiger partial charge in [-0.25, -0.2) is 0 Å². The summed E-state index contributed by atoms with van der Waals surface area (Å²) in [7, 11) is 0. The number of halogens is 3. The van der Waals surface area contributed by atoms with Crippen LogP contribution in [0, 0.1) is 0 Å². The third kappa shape index (κ3) is 63.1. The lowest BCUT2D eigenvalue weighted by Gasteiger charge is -1.89. The Labute approximate surface area is 77.4 Å². The zero-order chi connectivity index (χ0) is 8.62. The first kappa shape index (κ1) is 13.6. The van der Waals surface area contributed by atoms with Crippen LogP contribution in [-0.2, 0) is 0 Å². The highest BCUT2D eigenvalue weighted by Gasteiger charge is 2.13. The third-order valence-electron chi connectivity index (χ3n) is 0.512. The van der Waals surface area contributed by atoms with Crippen molar-refractivity contribution < 1.29 is 5.11 Å². The van der Waals surface area contributed by atoms with Crippen molar-refractivity contribution >= 4 is 39.2 Å². The van der Waals surface area contributed by atoms with Crippen molar-refractivity contribution in [2.24, 2.45) is 0 Å². The molecule has 0 saturated heterocycles. The first-order valence-electron chi connectivity index (χ1n) is 3.09. The molecule has 0 aromatic heterocycles. The molecular weight excluding hydrogens is 210 g/mol. The van der Waals surface area contributed by atoms with E-state index in [4.69, 9.17) is 38.3 Å². The number of aliphatic hydroxyl groups excluding tert-OH is 1. The summed E-state index contributed by atoms with van der Waals surface area (Å²) in [5, 5.41) is 8.07. The molecule has 0 bridgehead atoms. The standard InChI is InChI=1S/C4H10O.CH3Cl3Si/c1-2-3-4-5;1-5(2,3)4/h5H,2-4H2,1H3;1H3. The lowest BCUT2D eigenvalue weighted by Crippen LogP contribution is -1.97. The molecule has 0 aromatic rings. The molecule has 10 heavy (non-hydrogen) atoms. The van der Waals surface area contributed by atoms with Crippen molar-refractivity contribution in [3.05, 3.63) is 0 Å². The maximum Gasteiger partial charge on any atom is 0.338 e. The second-order valence-corrected chi connectivity index (χ2v) is 12.0. The van der Waals surface area contributed by atoms with E-state index in [1.165, 1.54) is 0 Å². The minimum absolute atomic E-state index is 0.344. The van der Waals surface area contributed by atoms with Gasteiger partial charge < -0.3 is 5.11 Å². The van der Waals surface area contributed by atoms with Gasteiger partial charge >= 0.3 is 6.00 Å². The van der Waals surface area contributed by atoms with Crippen LogP contribution in [0.25, 0.3) is 0 Å². The molecule has 0 aliphatic carbocycles. The van der Waals surface area contributed by atoms with E-state index < -0.39 is 6.00 Å². The normalized spacial score (nSPS) is 10.2. The van der Waals surface area contributed by atoms with Crippen LogP contribution in [0.15, 0.2) is 0 Å². The predicted octanol–water partition coefficient (Wildman–Crippen LogP) is 3.05. The van der Waals surface area contributed by atoms with Crippen molar-refractivity contribution in [3.63, 3.8) is 0 Å². The molecule has 0 saturated carbocycles. The number of hydrogen-bond donors (Lipinski definition) is 1. The van der Waals surface area contributed by atoms with Gasteiger partial charge in [0.05, 0.1) is 0 Å². The summed E-state index contributed by atoms with van der Waals surface area (Å²) in [6, 6.07) is -2.19. The number of hydrogen-bond acceptors (Lipinski definition) is 1. The number of rotatable bonds is 2. The van der Waals surface area contributed by atoms with Crippen molar-refractivity contribution in [2.75, 3.05) is 6.61 Å². The minimum atomic E-state index is -2.19. The summed E-state index contributed by atoms with van der Waals surface area (Å²) < 4.78 is 0. The zero-order valence-corrected chi connectivity index (χ0v) is 9.47. The Morgan fingerprint density at radius 2 is 1.60 bits per heavy atom. The summed E-state index contributed by atoms with van der Waals surface area (Å²) >= 11 is 15.6. The predicted molar refractivity (Wildman–Crippen MR) is 51.2 cm³/mol. The fourth-order valence-corrected chi connectivity index (χ4v) is 0.158. The van der Waals surface area contributed by atoms with Gasteiger partial charge in [-0.3, -0.25) is 0 Å². The highest BCUT2D eigenvalue weighted by atomic mass is 35.8. The van der Waals surface area contributed by atoms with Crippen molar-refractivity contribution in [1.29, 1.82) is 0 Å². The molecule has 0 spiro atoms. The molecule has 1 N–H and O–H groups in total. The molecule has 0 aliphatic heterocycles. The van der Waals surface area contributed by atoms with Crippen LogP contribution in [0.3, 0.4) is 0 Å². The Balaban J connectivity index is 0. The van der Waals surface area contributed by atoms with Crippen LogP contribution >= 0.6 is 33.2 Å². The Morgan fingerprint density at radius 3 is 1.60 bits per heavy atom. The Hall–Kier alpha value is 1.05. The molecule has 0 rings (SSSR count). The monoisotopic (exact) mass is 222 g/mol. The molecular formula is C5H13Cl3OSi. The lowest BCUT2D eigenvalue weighted by atomic mass is 10.4. The van der Waals surface area contributed by atoms with Gasteiger partial charge in [-0.2, -0.15) is 0 Å². The largest absolute Gasteiger partial charge is 0.396 e. The summed E-state index contributed by atoms with van der Waals surface area (Å²) in [6.45, 7) is 4.02. The summed E-state index contributed by atoms with van der Waals surface area (Å²) in [5.74, 6) is 0. The zero-order valence-electron chi connectivity index (χ0n) is 6.20. The van der Waals surface area contributed by atoms with Gasteiger partial charge in [-0.15, -0.1) is 33.2 Å². The maximum absolute atomic E-state index is 8.07. The molecule has 0 aromatic carbocycles. The van der Waals surface area contributed by atoms with E-state index >= 15 is 0 Å². The summed E-state index contributed by atoms with van der Waals surface area (Å²) in [6.07, 6.45) is 2.04. The Bertz CT molecular complexity index is 56.4. The first-order chi connectivity index (χ1) is 4.41. The molecule has 0 unspecified atom stereocenters. The van der Waals surface area contributed by atoms with Gasteiger partial charge in [0.1, 0.15) is 0 Å². The van der Waals surface area contributed by atoms with Gasteiger partial charge in [0, 0.05) is 6.61 Å². The van der Waals surface area contributed by atoms with Crippen LogP contribution in [0.1, 0.15) is 19.8 Å². The van der Waals surface area contributed by atoms with Crippen LogP contribution in [-0.4, -0.2) is 17.7 Å². The average Bonchev–Trinajstić information content (AvgIpc) is 1.63. The molecule has 1 nitrogen and oxygen atoms in total. The second-order valence-electron chi connectivity index (χ2n) is 1.86. The fraction of sp³-hybridized carbons (Fsp3) is 1.00. The fourth-order valence-electron chi connectivity index (χ4n) is 0.158. The SMILES string of the molecule is CCCCO.C[Si](Cl)(Cl)Cl. The Morgan fingerprint density at radius 1 is 1.30 bits per heavy atom. The van der Waals surface area contributed by atoms with Gasteiger partial charge in [0.25, 0.3) is 0 Å². The highest BCUT2D eigenvalue weighted by molar-refractivity contribution is 7.64. The quantitative estimate of drug-likeness (QED) is 0.564. The third-order valence-corrected chi connectivity index (χ3v) is 0.512. The van der Waals surface area contributed by atoms with E-state index in [1.54, 1.807) is 6.55 Å². The van der Waals surface area contributed by atoms with Crippen molar-refractivity contribution in [1.82, 2.24) is 0 Å². The van der Waals surface area contributed by atoms with Crippen molar-refractivity contribution in [3.8, 4) is 0 Å². The summed E-state index contributed by atoms with van der Waals surface area (Å²) in [4.78, 5) is 0. The smallest absolute Gasteiger partial charge is 0.338 e. The molecule has 0 heterocycles. The number of aliphatic hydroxyl groups is 1. The van der Waals surface area contributed by atoms with E-state index in [1.807, 2.05) is 0 Å². The maximum atomic E-state index is 8.07. The van der Waals surface area contributed by atoms with Crippen LogP contribution in [0.4, 0.5) is 0 Å². The van der Waals surface area contributed by atoms with Crippen LogP contribution < -0.4 is 0 Å². The van der Waals surface area contributed by atoms with Gasteiger partial charge in [-0.05, 0) is 13.0 Å². The topological polar surface area (TPSA) is 20.2 Å². The number of unbranched alkanes of at least 4 members (excludes halogenated alkanes) is 1. The molecule has 0 aliphatic rings. The van der Waals surface area contributed by atoms with Crippen LogP contribution in [0.5, 0.6) is 0 Å². The first-order valence-corrected chi connectivity index (χ1v) is 8.63. The molecule has 0 fully saturated rings. The highest BCUT2D eigenvalue weighted by Crippen LogP contribution is 2.17. The molecule has 64 valence electrons. The van der Waals surface area contributed by atoms with E-state index in [0.29, 0.717) is 6.61 Å². The second kappa shape index (κ2) is 8.15. The lowest BCUT2D eigenvalue weighted by molar-refractivity contribution is 0.287. The molecule has 0 radical (unpaired) electrons. The van der Waals surface area contributed by atoms with Crippen LogP contribution in [0.2, 0.25) is 6.55 Å². The van der Waals surface area contributed by atoms with Gasteiger partial charge in [-0.1, -0.05) is 13.3 Å². The molecule has 5 heteroatoms.